The summed E-state index contributed by atoms with van der Waals surface area (Å²) in [6, 6.07) is 10.8. The Hall–Kier alpha value is -1.99. The molecule has 5 nitrogen and oxygen atoms in total. The first kappa shape index (κ1) is 14.9. The van der Waals surface area contributed by atoms with Crippen molar-refractivity contribution in [2.24, 2.45) is 4.99 Å². The number of rotatable bonds is 3. The van der Waals surface area contributed by atoms with Crippen molar-refractivity contribution in [3.8, 4) is 5.75 Å². The SMILES string of the molecule is COc1ccc(N=C2NC(=O)C(=Cc3ccc(Br)o3)S2)cc1. The molecule has 0 bridgehead atoms. The van der Waals surface area contributed by atoms with Crippen LogP contribution in [0.2, 0.25) is 0 Å². The van der Waals surface area contributed by atoms with Gasteiger partial charge in [-0.15, -0.1) is 0 Å². The van der Waals surface area contributed by atoms with Crippen molar-refractivity contribution in [3.63, 3.8) is 0 Å². The quantitative estimate of drug-likeness (QED) is 0.821. The topological polar surface area (TPSA) is 63.8 Å². The summed E-state index contributed by atoms with van der Waals surface area (Å²) in [4.78, 5) is 16.9. The van der Waals surface area contributed by atoms with E-state index in [0.29, 0.717) is 20.5 Å². The lowest BCUT2D eigenvalue weighted by atomic mass is 10.3. The van der Waals surface area contributed by atoms with Crippen molar-refractivity contribution in [1.82, 2.24) is 5.32 Å². The number of ether oxygens (including phenoxy) is 1. The molecule has 2 heterocycles. The maximum atomic E-state index is 11.9. The number of methoxy groups -OCH3 is 1. The van der Waals surface area contributed by atoms with Gasteiger partial charge in [-0.1, -0.05) is 0 Å². The molecule has 112 valence electrons. The number of thioether (sulfide) groups is 1. The minimum absolute atomic E-state index is 0.190. The van der Waals surface area contributed by atoms with Gasteiger partial charge in [0, 0.05) is 6.08 Å². The van der Waals surface area contributed by atoms with Crippen LogP contribution in [0.5, 0.6) is 5.75 Å². The number of carbonyl (C=O) groups is 1. The predicted molar refractivity (Wildman–Crippen MR) is 90.2 cm³/mol. The second kappa shape index (κ2) is 6.41. The van der Waals surface area contributed by atoms with Crippen molar-refractivity contribution in [2.45, 2.75) is 0 Å². The van der Waals surface area contributed by atoms with Crippen LogP contribution < -0.4 is 10.1 Å². The van der Waals surface area contributed by atoms with E-state index in [1.54, 1.807) is 25.3 Å². The molecule has 1 amide bonds. The zero-order valence-corrected chi connectivity index (χ0v) is 13.9. The van der Waals surface area contributed by atoms with E-state index in [2.05, 4.69) is 26.2 Å². The largest absolute Gasteiger partial charge is 0.497 e. The minimum Gasteiger partial charge on any atom is -0.497 e. The van der Waals surface area contributed by atoms with Crippen LogP contribution in [-0.2, 0) is 4.79 Å². The van der Waals surface area contributed by atoms with Gasteiger partial charge in [0.2, 0.25) is 0 Å². The second-order valence-electron chi connectivity index (χ2n) is 4.32. The van der Waals surface area contributed by atoms with E-state index in [-0.39, 0.29) is 5.91 Å². The molecule has 1 fully saturated rings. The molecular weight excluding hydrogens is 368 g/mol. The van der Waals surface area contributed by atoms with Gasteiger partial charge >= 0.3 is 0 Å². The summed E-state index contributed by atoms with van der Waals surface area (Å²) in [5.41, 5.74) is 0.741. The summed E-state index contributed by atoms with van der Waals surface area (Å²) in [6.07, 6.45) is 1.68. The number of nitrogens with zero attached hydrogens (tertiary/aromatic N) is 1. The molecule has 1 aliphatic heterocycles. The molecule has 0 aliphatic carbocycles. The standard InChI is InChI=1S/C15H11BrN2O3S/c1-20-10-4-2-9(3-5-10)17-15-18-14(19)12(22-15)8-11-6-7-13(16)21-11/h2-8H,1H3,(H,17,18,19). The van der Waals surface area contributed by atoms with Crippen LogP contribution in [0.3, 0.4) is 0 Å². The summed E-state index contributed by atoms with van der Waals surface area (Å²) in [7, 11) is 1.61. The Labute approximate surface area is 139 Å². The van der Waals surface area contributed by atoms with Crippen LogP contribution in [0.1, 0.15) is 5.76 Å². The lowest BCUT2D eigenvalue weighted by Crippen LogP contribution is -2.19. The number of amidine groups is 1. The number of hydrogen-bond acceptors (Lipinski definition) is 5. The van der Waals surface area contributed by atoms with Crippen LogP contribution in [0.15, 0.2) is 55.4 Å². The zero-order chi connectivity index (χ0) is 15.5. The van der Waals surface area contributed by atoms with Crippen molar-refractivity contribution in [2.75, 3.05) is 7.11 Å². The molecule has 3 rings (SSSR count). The number of amides is 1. The molecule has 7 heteroatoms. The number of halogens is 1. The predicted octanol–water partition coefficient (Wildman–Crippen LogP) is 3.94. The molecular formula is C15H11BrN2O3S. The summed E-state index contributed by atoms with van der Waals surface area (Å²) < 4.78 is 11.1. The molecule has 1 saturated heterocycles. The Morgan fingerprint density at radius 3 is 2.68 bits per heavy atom. The van der Waals surface area contributed by atoms with Crippen molar-refractivity contribution < 1.29 is 13.9 Å². The van der Waals surface area contributed by atoms with Gasteiger partial charge in [-0.25, -0.2) is 4.99 Å². The van der Waals surface area contributed by atoms with Gasteiger partial charge in [0.25, 0.3) is 5.91 Å². The molecule has 0 spiro atoms. The summed E-state index contributed by atoms with van der Waals surface area (Å²) >= 11 is 4.50. The van der Waals surface area contributed by atoms with Crippen LogP contribution in [-0.4, -0.2) is 18.2 Å². The van der Waals surface area contributed by atoms with Gasteiger partial charge in [-0.05, 0) is 64.1 Å². The molecule has 1 N–H and O–H groups in total. The van der Waals surface area contributed by atoms with E-state index in [4.69, 9.17) is 9.15 Å². The lowest BCUT2D eigenvalue weighted by Gasteiger charge is -1.99. The monoisotopic (exact) mass is 378 g/mol. The van der Waals surface area contributed by atoms with Gasteiger partial charge in [0.1, 0.15) is 11.5 Å². The maximum absolute atomic E-state index is 11.9. The first-order chi connectivity index (χ1) is 10.6. The molecule has 22 heavy (non-hydrogen) atoms. The average Bonchev–Trinajstić information content (AvgIpc) is 3.06. The zero-order valence-electron chi connectivity index (χ0n) is 11.5. The molecule has 0 unspecified atom stereocenters. The van der Waals surface area contributed by atoms with Gasteiger partial charge in [0.15, 0.2) is 9.84 Å². The smallest absolute Gasteiger partial charge is 0.264 e. The first-order valence-electron chi connectivity index (χ1n) is 6.33. The van der Waals surface area contributed by atoms with Crippen molar-refractivity contribution >= 4 is 50.5 Å². The van der Waals surface area contributed by atoms with Crippen molar-refractivity contribution in [1.29, 1.82) is 0 Å². The number of carbonyl (C=O) groups excluding carboxylic acids is 1. The normalized spacial score (nSPS) is 18.0. The van der Waals surface area contributed by atoms with Crippen LogP contribution in [0.25, 0.3) is 6.08 Å². The van der Waals surface area contributed by atoms with Gasteiger partial charge < -0.3 is 14.5 Å². The summed E-state index contributed by atoms with van der Waals surface area (Å²) in [5.74, 6) is 1.18. The third kappa shape index (κ3) is 3.42. The fraction of sp³-hybridized carbons (Fsp3) is 0.0667. The van der Waals surface area contributed by atoms with E-state index in [1.165, 1.54) is 11.8 Å². The van der Waals surface area contributed by atoms with E-state index in [1.807, 2.05) is 24.3 Å². The number of nitrogens with one attached hydrogen (secondary N) is 1. The highest BCUT2D eigenvalue weighted by atomic mass is 79.9. The van der Waals surface area contributed by atoms with Crippen LogP contribution in [0.4, 0.5) is 5.69 Å². The Morgan fingerprint density at radius 1 is 1.27 bits per heavy atom. The molecule has 0 atom stereocenters. The molecule has 1 aliphatic rings. The molecule has 0 radical (unpaired) electrons. The van der Waals surface area contributed by atoms with Crippen molar-refractivity contribution in [3.05, 3.63) is 51.7 Å². The van der Waals surface area contributed by atoms with Gasteiger partial charge in [-0.2, -0.15) is 0 Å². The second-order valence-corrected chi connectivity index (χ2v) is 6.13. The fourth-order valence-corrected chi connectivity index (χ4v) is 2.93. The van der Waals surface area contributed by atoms with Gasteiger partial charge in [0.05, 0.1) is 17.7 Å². The first-order valence-corrected chi connectivity index (χ1v) is 7.94. The van der Waals surface area contributed by atoms with Crippen LogP contribution >= 0.6 is 27.7 Å². The van der Waals surface area contributed by atoms with E-state index >= 15 is 0 Å². The van der Waals surface area contributed by atoms with Gasteiger partial charge in [-0.3, -0.25) is 4.79 Å². The van der Waals surface area contributed by atoms with E-state index in [9.17, 15) is 4.79 Å². The number of hydrogen-bond donors (Lipinski definition) is 1. The molecule has 1 aromatic heterocycles. The Kier molecular flexibility index (Phi) is 4.35. The molecule has 2 aromatic rings. The fourth-order valence-electron chi connectivity index (χ4n) is 1.79. The Bertz CT molecular complexity index is 765. The number of benzene rings is 1. The third-order valence-corrected chi connectivity index (χ3v) is 4.16. The minimum atomic E-state index is -0.190. The Morgan fingerprint density at radius 2 is 2.05 bits per heavy atom. The van der Waals surface area contributed by atoms with E-state index < -0.39 is 0 Å². The summed E-state index contributed by atoms with van der Waals surface area (Å²) in [6.45, 7) is 0. The highest BCUT2D eigenvalue weighted by molar-refractivity contribution is 9.10. The third-order valence-electron chi connectivity index (χ3n) is 2.82. The lowest BCUT2D eigenvalue weighted by molar-refractivity contribution is -0.115. The highest BCUT2D eigenvalue weighted by Crippen LogP contribution is 2.29. The maximum Gasteiger partial charge on any atom is 0.264 e. The van der Waals surface area contributed by atoms with E-state index in [0.717, 1.165) is 11.4 Å². The molecule has 0 saturated carbocycles. The Balaban J connectivity index is 1.78. The number of aliphatic imine (C=N–C) groups is 1. The van der Waals surface area contributed by atoms with Crippen LogP contribution in [0, 0.1) is 0 Å². The average molecular weight is 379 g/mol. The molecule has 1 aromatic carbocycles. The number of furan rings is 1. The summed E-state index contributed by atoms with van der Waals surface area (Å²) in [5, 5.41) is 3.26. The highest BCUT2D eigenvalue weighted by Gasteiger charge is 2.24.